The molecule has 0 bridgehead atoms. The summed E-state index contributed by atoms with van der Waals surface area (Å²) in [6.07, 6.45) is 0. The highest BCUT2D eigenvalue weighted by Gasteiger charge is 2.15. The van der Waals surface area contributed by atoms with Gasteiger partial charge in [0.25, 0.3) is 0 Å². The smallest absolute Gasteiger partial charge is 0.121 e. The highest BCUT2D eigenvalue weighted by molar-refractivity contribution is 9.10. The fourth-order valence-electron chi connectivity index (χ4n) is 2.10. The third-order valence-electron chi connectivity index (χ3n) is 3.11. The third kappa shape index (κ3) is 2.67. The molecule has 0 aliphatic heterocycles. The van der Waals surface area contributed by atoms with Crippen LogP contribution in [-0.2, 0) is 13.6 Å². The Hall–Kier alpha value is -1.33. The van der Waals surface area contributed by atoms with Crippen molar-refractivity contribution in [3.63, 3.8) is 0 Å². The van der Waals surface area contributed by atoms with Crippen molar-refractivity contribution in [1.82, 2.24) is 15.1 Å². The molecule has 1 heterocycles. The molecule has 0 fully saturated rings. The van der Waals surface area contributed by atoms with Crippen molar-refractivity contribution in [3.8, 4) is 17.0 Å². The molecule has 0 unspecified atom stereocenters. The monoisotopic (exact) mass is 323 g/mol. The molecule has 1 aromatic heterocycles. The second-order valence-corrected chi connectivity index (χ2v) is 5.24. The SMILES string of the molecule is CNCc1c(Br)c(-c2ccc(OC)c(C)c2)nn1C. The number of benzene rings is 1. The van der Waals surface area contributed by atoms with Gasteiger partial charge in [-0.25, -0.2) is 0 Å². The molecule has 0 saturated heterocycles. The molecule has 5 heteroatoms. The summed E-state index contributed by atoms with van der Waals surface area (Å²) in [5.41, 5.74) is 4.28. The van der Waals surface area contributed by atoms with Crippen LogP contribution in [0.4, 0.5) is 0 Å². The average molecular weight is 324 g/mol. The number of rotatable bonds is 4. The van der Waals surface area contributed by atoms with Crippen LogP contribution in [-0.4, -0.2) is 23.9 Å². The van der Waals surface area contributed by atoms with Crippen LogP contribution >= 0.6 is 15.9 Å². The first-order valence-corrected chi connectivity index (χ1v) is 6.88. The second kappa shape index (κ2) is 5.75. The lowest BCUT2D eigenvalue weighted by molar-refractivity contribution is 0.412. The van der Waals surface area contributed by atoms with Crippen molar-refractivity contribution in [2.75, 3.05) is 14.2 Å². The van der Waals surface area contributed by atoms with E-state index in [0.717, 1.165) is 39.3 Å². The van der Waals surface area contributed by atoms with Crippen LogP contribution in [0.25, 0.3) is 11.3 Å². The number of nitrogens with one attached hydrogen (secondary N) is 1. The number of nitrogens with zero attached hydrogens (tertiary/aromatic N) is 2. The largest absolute Gasteiger partial charge is 0.496 e. The van der Waals surface area contributed by atoms with Crippen molar-refractivity contribution in [1.29, 1.82) is 0 Å². The Morgan fingerprint density at radius 2 is 2.16 bits per heavy atom. The second-order valence-electron chi connectivity index (χ2n) is 4.45. The number of ether oxygens (including phenoxy) is 1. The van der Waals surface area contributed by atoms with E-state index in [1.807, 2.05) is 37.8 Å². The lowest BCUT2D eigenvalue weighted by Crippen LogP contribution is -2.10. The normalized spacial score (nSPS) is 10.8. The Labute approximate surface area is 121 Å². The third-order valence-corrected chi connectivity index (χ3v) is 3.95. The van der Waals surface area contributed by atoms with Crippen LogP contribution in [0.5, 0.6) is 5.75 Å². The van der Waals surface area contributed by atoms with Crippen molar-refractivity contribution in [2.45, 2.75) is 13.5 Å². The van der Waals surface area contributed by atoms with E-state index < -0.39 is 0 Å². The zero-order valence-corrected chi connectivity index (χ0v) is 13.2. The Morgan fingerprint density at radius 1 is 1.42 bits per heavy atom. The van der Waals surface area contributed by atoms with E-state index in [9.17, 15) is 0 Å². The molecule has 0 atom stereocenters. The standard InChI is InChI=1S/C14H18BrN3O/c1-9-7-10(5-6-12(9)19-4)14-13(15)11(8-16-2)18(3)17-14/h5-7,16H,8H2,1-4H3. The van der Waals surface area contributed by atoms with Crippen LogP contribution in [0.15, 0.2) is 22.7 Å². The number of halogens is 1. The van der Waals surface area contributed by atoms with Gasteiger partial charge in [0.2, 0.25) is 0 Å². The predicted molar refractivity (Wildman–Crippen MR) is 80.4 cm³/mol. The topological polar surface area (TPSA) is 39.1 Å². The summed E-state index contributed by atoms with van der Waals surface area (Å²) in [5, 5.41) is 7.73. The van der Waals surface area contributed by atoms with E-state index in [0.29, 0.717) is 0 Å². The summed E-state index contributed by atoms with van der Waals surface area (Å²) in [6, 6.07) is 6.10. The first-order valence-electron chi connectivity index (χ1n) is 6.09. The molecule has 1 N–H and O–H groups in total. The molecule has 4 nitrogen and oxygen atoms in total. The fraction of sp³-hybridized carbons (Fsp3) is 0.357. The molecule has 0 spiro atoms. The predicted octanol–water partition coefficient (Wildman–Crippen LogP) is 2.89. The minimum atomic E-state index is 0.777. The van der Waals surface area contributed by atoms with E-state index in [-0.39, 0.29) is 0 Å². The minimum absolute atomic E-state index is 0.777. The molecule has 0 aliphatic rings. The first-order chi connectivity index (χ1) is 9.08. The Balaban J connectivity index is 2.47. The van der Waals surface area contributed by atoms with Crippen LogP contribution in [0.3, 0.4) is 0 Å². The van der Waals surface area contributed by atoms with Gasteiger partial charge in [0, 0.05) is 19.2 Å². The zero-order chi connectivity index (χ0) is 14.0. The molecule has 0 aliphatic carbocycles. The van der Waals surface area contributed by atoms with Crippen LogP contribution < -0.4 is 10.1 Å². The van der Waals surface area contributed by atoms with Gasteiger partial charge in [-0.05, 0) is 53.7 Å². The first kappa shape index (κ1) is 14.1. The minimum Gasteiger partial charge on any atom is -0.496 e. The number of hydrogen-bond acceptors (Lipinski definition) is 3. The van der Waals surface area contributed by atoms with E-state index in [4.69, 9.17) is 4.74 Å². The molecular weight excluding hydrogens is 306 g/mol. The van der Waals surface area contributed by atoms with Gasteiger partial charge in [-0.2, -0.15) is 5.10 Å². The van der Waals surface area contributed by atoms with E-state index in [1.165, 1.54) is 0 Å². The Bertz CT molecular complexity index is 593. The molecule has 102 valence electrons. The number of aryl methyl sites for hydroxylation is 2. The Morgan fingerprint density at radius 3 is 2.74 bits per heavy atom. The van der Waals surface area contributed by atoms with E-state index in [2.05, 4.69) is 32.4 Å². The van der Waals surface area contributed by atoms with Gasteiger partial charge in [-0.3, -0.25) is 4.68 Å². The fourth-order valence-corrected chi connectivity index (χ4v) is 2.81. The van der Waals surface area contributed by atoms with Gasteiger partial charge >= 0.3 is 0 Å². The maximum atomic E-state index is 5.29. The zero-order valence-electron chi connectivity index (χ0n) is 11.6. The lowest BCUT2D eigenvalue weighted by atomic mass is 10.1. The lowest BCUT2D eigenvalue weighted by Gasteiger charge is -2.06. The molecule has 0 radical (unpaired) electrons. The van der Waals surface area contributed by atoms with Crippen molar-refractivity contribution in [3.05, 3.63) is 33.9 Å². The van der Waals surface area contributed by atoms with Gasteiger partial charge in [0.15, 0.2) is 0 Å². The molecule has 1 aromatic carbocycles. The number of hydrogen-bond donors (Lipinski definition) is 1. The average Bonchev–Trinajstić information content (AvgIpc) is 2.67. The highest BCUT2D eigenvalue weighted by Crippen LogP contribution is 2.32. The maximum Gasteiger partial charge on any atom is 0.121 e. The summed E-state index contributed by atoms with van der Waals surface area (Å²) in [5.74, 6) is 0.895. The number of methoxy groups -OCH3 is 1. The van der Waals surface area contributed by atoms with E-state index >= 15 is 0 Å². The quantitative estimate of drug-likeness (QED) is 0.940. The molecular formula is C14H18BrN3O. The van der Waals surface area contributed by atoms with Crippen molar-refractivity contribution < 1.29 is 4.74 Å². The number of aromatic nitrogens is 2. The summed E-state index contributed by atoms with van der Waals surface area (Å²) in [4.78, 5) is 0. The van der Waals surface area contributed by atoms with Crippen LogP contribution in [0.2, 0.25) is 0 Å². The van der Waals surface area contributed by atoms with Crippen LogP contribution in [0, 0.1) is 6.92 Å². The molecule has 2 aromatic rings. The van der Waals surface area contributed by atoms with Gasteiger partial charge in [-0.15, -0.1) is 0 Å². The molecule has 0 amide bonds. The highest BCUT2D eigenvalue weighted by atomic mass is 79.9. The van der Waals surface area contributed by atoms with E-state index in [1.54, 1.807) is 7.11 Å². The molecule has 0 saturated carbocycles. The van der Waals surface area contributed by atoms with Gasteiger partial charge in [0.1, 0.15) is 11.4 Å². The molecule has 19 heavy (non-hydrogen) atoms. The molecule has 2 rings (SSSR count). The maximum absolute atomic E-state index is 5.29. The van der Waals surface area contributed by atoms with Gasteiger partial charge < -0.3 is 10.1 Å². The summed E-state index contributed by atoms with van der Waals surface area (Å²) < 4.78 is 8.22. The van der Waals surface area contributed by atoms with Crippen LogP contribution in [0.1, 0.15) is 11.3 Å². The van der Waals surface area contributed by atoms with Gasteiger partial charge in [0.05, 0.1) is 17.3 Å². The summed E-state index contributed by atoms with van der Waals surface area (Å²) in [7, 11) is 5.57. The Kier molecular flexibility index (Phi) is 4.27. The van der Waals surface area contributed by atoms with Gasteiger partial charge in [-0.1, -0.05) is 0 Å². The summed E-state index contributed by atoms with van der Waals surface area (Å²) in [6.45, 7) is 2.81. The van der Waals surface area contributed by atoms with Crippen molar-refractivity contribution >= 4 is 15.9 Å². The summed E-state index contributed by atoms with van der Waals surface area (Å²) >= 11 is 3.65. The van der Waals surface area contributed by atoms with Crippen molar-refractivity contribution in [2.24, 2.45) is 7.05 Å².